The van der Waals surface area contributed by atoms with Gasteiger partial charge in [0.15, 0.2) is 17.6 Å². The summed E-state index contributed by atoms with van der Waals surface area (Å²) in [5.74, 6) is 1.87. The molecule has 1 atom stereocenters. The first kappa shape index (κ1) is 30.8. The van der Waals surface area contributed by atoms with E-state index in [1.165, 1.54) is 7.11 Å². The monoisotopic (exact) mass is 612 g/mol. The lowest BCUT2D eigenvalue weighted by molar-refractivity contribution is -0.164. The number of hydrogen-bond acceptors (Lipinski definition) is 8. The van der Waals surface area contributed by atoms with E-state index in [-0.39, 0.29) is 5.41 Å². The minimum Gasteiger partial charge on any atom is -0.490 e. The van der Waals surface area contributed by atoms with E-state index in [1.54, 1.807) is 4.68 Å². The maximum absolute atomic E-state index is 13.3. The number of aryl methyl sites for hydroxylation is 1. The van der Waals surface area contributed by atoms with Gasteiger partial charge in [0.25, 0.3) is 0 Å². The van der Waals surface area contributed by atoms with Crippen LogP contribution in [0.4, 0.5) is 5.82 Å². The number of benzene rings is 1. The molecule has 1 aromatic carbocycles. The van der Waals surface area contributed by atoms with Gasteiger partial charge in [-0.15, -0.1) is 5.10 Å². The van der Waals surface area contributed by atoms with Crippen LogP contribution in [0.15, 0.2) is 54.9 Å². The first-order valence-corrected chi connectivity index (χ1v) is 15.8. The SMILES string of the molecule is COC(=O)[C@@H](OC(C)(C)C)c1c(C)nc2cc3nn2c1N1CCC(C)(CCC=CCOc2cccc(c2)Cc2cnn-3c2)CC1. The number of fused-ring (bicyclic) bond motifs is 6. The molecule has 10 heteroatoms. The van der Waals surface area contributed by atoms with Crippen molar-refractivity contribution in [2.45, 2.75) is 78.4 Å². The fraction of sp³-hybridized carbons (Fsp3) is 0.486. The lowest BCUT2D eigenvalue weighted by atomic mass is 9.76. The van der Waals surface area contributed by atoms with E-state index in [0.29, 0.717) is 35.8 Å². The van der Waals surface area contributed by atoms with Gasteiger partial charge in [0.05, 0.1) is 24.5 Å². The fourth-order valence-corrected chi connectivity index (χ4v) is 6.34. The van der Waals surface area contributed by atoms with Crippen molar-refractivity contribution in [3.63, 3.8) is 0 Å². The molecule has 0 radical (unpaired) electrons. The third-order valence-electron chi connectivity index (χ3n) is 8.82. The highest BCUT2D eigenvalue weighted by atomic mass is 16.6. The van der Waals surface area contributed by atoms with Crippen molar-refractivity contribution in [3.8, 4) is 11.6 Å². The molecule has 3 aromatic heterocycles. The summed E-state index contributed by atoms with van der Waals surface area (Å²) in [6, 6.07) is 10.2. The van der Waals surface area contributed by atoms with Gasteiger partial charge in [0, 0.05) is 37.5 Å². The number of rotatable bonds is 3. The molecule has 0 N–H and O–H groups in total. The minimum absolute atomic E-state index is 0.195. The lowest BCUT2D eigenvalue weighted by Gasteiger charge is -2.41. The summed E-state index contributed by atoms with van der Waals surface area (Å²) in [5, 5.41) is 9.70. The molecule has 238 valence electrons. The van der Waals surface area contributed by atoms with Crippen LogP contribution in [0.3, 0.4) is 0 Å². The van der Waals surface area contributed by atoms with Crippen LogP contribution in [0.5, 0.6) is 5.75 Å². The summed E-state index contributed by atoms with van der Waals surface area (Å²) >= 11 is 0. The van der Waals surface area contributed by atoms with Crippen molar-refractivity contribution in [1.29, 1.82) is 0 Å². The zero-order valence-electron chi connectivity index (χ0n) is 27.2. The van der Waals surface area contributed by atoms with Crippen molar-refractivity contribution < 1.29 is 19.0 Å². The summed E-state index contributed by atoms with van der Waals surface area (Å²) in [5.41, 5.74) is 3.87. The minimum atomic E-state index is -0.961. The van der Waals surface area contributed by atoms with Gasteiger partial charge in [-0.25, -0.2) is 14.5 Å². The Morgan fingerprint density at radius 3 is 2.64 bits per heavy atom. The molecular weight excluding hydrogens is 568 g/mol. The summed E-state index contributed by atoms with van der Waals surface area (Å²) in [6.07, 6.45) is 12.1. The predicted octanol–water partition coefficient (Wildman–Crippen LogP) is 6.18. The average molecular weight is 613 g/mol. The van der Waals surface area contributed by atoms with Gasteiger partial charge in [-0.05, 0) is 82.1 Å². The number of piperidine rings is 1. The molecule has 4 aromatic rings. The van der Waals surface area contributed by atoms with Crippen molar-refractivity contribution >= 4 is 17.4 Å². The van der Waals surface area contributed by atoms with Crippen LogP contribution >= 0.6 is 0 Å². The maximum atomic E-state index is 13.3. The van der Waals surface area contributed by atoms with Crippen LogP contribution in [0, 0.1) is 12.3 Å². The number of hydrogen-bond donors (Lipinski definition) is 0. The van der Waals surface area contributed by atoms with E-state index < -0.39 is 17.7 Å². The van der Waals surface area contributed by atoms with Crippen molar-refractivity contribution in [1.82, 2.24) is 24.4 Å². The zero-order chi connectivity index (χ0) is 31.8. The number of nitrogens with zero attached hydrogens (tertiary/aromatic N) is 6. The number of esters is 1. The summed E-state index contributed by atoms with van der Waals surface area (Å²) in [6.45, 7) is 12.3. The highest BCUT2D eigenvalue weighted by molar-refractivity contribution is 5.80. The summed E-state index contributed by atoms with van der Waals surface area (Å²) in [4.78, 5) is 20.6. The highest BCUT2D eigenvalue weighted by Gasteiger charge is 2.37. The summed E-state index contributed by atoms with van der Waals surface area (Å²) in [7, 11) is 1.40. The van der Waals surface area contributed by atoms with E-state index in [4.69, 9.17) is 24.3 Å². The largest absolute Gasteiger partial charge is 0.490 e. The number of ether oxygens (including phenoxy) is 3. The molecule has 3 aliphatic rings. The molecule has 8 bridgehead atoms. The van der Waals surface area contributed by atoms with Crippen molar-refractivity contribution in [2.24, 2.45) is 5.41 Å². The molecule has 1 fully saturated rings. The molecule has 6 heterocycles. The first-order valence-electron chi connectivity index (χ1n) is 15.8. The van der Waals surface area contributed by atoms with Gasteiger partial charge in [-0.2, -0.15) is 9.61 Å². The van der Waals surface area contributed by atoms with Gasteiger partial charge in [0.2, 0.25) is 0 Å². The van der Waals surface area contributed by atoms with E-state index in [2.05, 4.69) is 41.2 Å². The predicted molar refractivity (Wildman–Crippen MR) is 173 cm³/mol. The van der Waals surface area contributed by atoms with E-state index in [0.717, 1.165) is 61.5 Å². The first-order chi connectivity index (χ1) is 21.5. The Kier molecular flexibility index (Phi) is 8.43. The van der Waals surface area contributed by atoms with Gasteiger partial charge in [0.1, 0.15) is 18.2 Å². The maximum Gasteiger partial charge on any atom is 0.339 e. The number of allylic oxidation sites excluding steroid dienone is 1. The molecule has 45 heavy (non-hydrogen) atoms. The highest BCUT2D eigenvalue weighted by Crippen LogP contribution is 2.41. The molecule has 0 spiro atoms. The number of carbonyl (C=O) groups is 1. The van der Waals surface area contributed by atoms with Gasteiger partial charge in [-0.1, -0.05) is 31.2 Å². The summed E-state index contributed by atoms with van der Waals surface area (Å²) < 4.78 is 21.3. The lowest BCUT2D eigenvalue weighted by Crippen LogP contribution is -2.41. The molecular formula is C35H44N6O4. The molecule has 0 saturated carbocycles. The molecule has 0 amide bonds. The van der Waals surface area contributed by atoms with Crippen LogP contribution in [0.1, 0.15) is 81.9 Å². The molecule has 10 nitrogen and oxygen atoms in total. The van der Waals surface area contributed by atoms with Crippen molar-refractivity contribution in [2.75, 3.05) is 31.7 Å². The smallest absolute Gasteiger partial charge is 0.339 e. The van der Waals surface area contributed by atoms with E-state index in [9.17, 15) is 4.79 Å². The molecule has 0 unspecified atom stereocenters. The Morgan fingerprint density at radius 2 is 1.89 bits per heavy atom. The van der Waals surface area contributed by atoms with Crippen molar-refractivity contribution in [3.05, 3.63) is 77.3 Å². The quantitative estimate of drug-likeness (QED) is 0.200. The number of carbonyl (C=O) groups excluding carboxylic acids is 1. The second kappa shape index (κ2) is 12.3. The van der Waals surface area contributed by atoms with Gasteiger partial charge < -0.3 is 19.1 Å². The Bertz CT molecular complexity index is 1710. The topological polar surface area (TPSA) is 96.0 Å². The third-order valence-corrected chi connectivity index (χ3v) is 8.82. The Hall–Kier alpha value is -4.18. The van der Waals surface area contributed by atoms with Crippen LogP contribution in [0.2, 0.25) is 0 Å². The molecule has 7 rings (SSSR count). The second-order valence-corrected chi connectivity index (χ2v) is 13.6. The Morgan fingerprint density at radius 1 is 1.09 bits per heavy atom. The normalized spacial score (nSPS) is 17.6. The van der Waals surface area contributed by atoms with E-state index in [1.807, 2.05) is 62.8 Å². The molecule has 1 saturated heterocycles. The van der Waals surface area contributed by atoms with Crippen LogP contribution < -0.4 is 9.64 Å². The molecule has 3 aliphatic heterocycles. The van der Waals surface area contributed by atoms with E-state index >= 15 is 0 Å². The average Bonchev–Trinajstić information content (AvgIpc) is 3.64. The molecule has 0 aliphatic carbocycles. The zero-order valence-corrected chi connectivity index (χ0v) is 27.2. The number of methoxy groups -OCH3 is 1. The Labute approximate surface area is 265 Å². The number of aromatic nitrogens is 5. The number of anilines is 1. The third kappa shape index (κ3) is 6.76. The fourth-order valence-electron chi connectivity index (χ4n) is 6.34. The van der Waals surface area contributed by atoms with Gasteiger partial charge >= 0.3 is 5.97 Å². The van der Waals surface area contributed by atoms with Gasteiger partial charge in [-0.3, -0.25) is 0 Å². The van der Waals surface area contributed by atoms with Crippen LogP contribution in [-0.2, 0) is 20.7 Å². The Balaban J connectivity index is 1.48. The van der Waals surface area contributed by atoms with Crippen LogP contribution in [0.25, 0.3) is 11.5 Å². The van der Waals surface area contributed by atoms with Crippen LogP contribution in [-0.4, -0.2) is 62.8 Å². The standard InChI is InChI=1S/C35H44N6O4/c1-24-30(31(33(42)43-6)45-34(2,3)4)32-39-16-14-35(5,15-17-39)13-8-7-9-18-44-27-12-10-11-25(20-27)19-26-22-36-40(23-26)29-21-28(37-24)41(32)38-29/h7,9-12,20-23,31H,8,13-19H2,1-6H3/t31-/m0/s1. The second-order valence-electron chi connectivity index (χ2n) is 13.6.